The number of anilines is 1. The number of aromatic nitrogens is 3. The minimum Gasteiger partial charge on any atom is -0.325 e. The van der Waals surface area contributed by atoms with Crippen LogP contribution in [0.1, 0.15) is 73.1 Å². The van der Waals surface area contributed by atoms with Crippen LogP contribution in [-0.4, -0.2) is 31.7 Å². The van der Waals surface area contributed by atoms with Crippen molar-refractivity contribution in [2.24, 2.45) is 0 Å². The lowest BCUT2D eigenvalue weighted by atomic mass is 9.95. The topological polar surface area (TPSA) is 76.9 Å². The number of carbonyl (C=O) groups excluding carboxylic acids is 2. The highest BCUT2D eigenvalue weighted by Gasteiger charge is 2.26. The Kier molecular flexibility index (Phi) is 7.42. The number of Topliss-reactive ketones (excluding diaryl/α,β-unsaturated/α-hetero) is 1. The fraction of sp³-hybridized carbons (Fsp3) is 0.417. The maximum atomic E-state index is 12.8. The summed E-state index contributed by atoms with van der Waals surface area (Å²) in [4.78, 5) is 25.6. The molecule has 0 radical (unpaired) electrons. The Bertz CT molecular complexity index is 1050. The van der Waals surface area contributed by atoms with E-state index in [2.05, 4.69) is 37.6 Å². The molecule has 1 amide bonds. The van der Waals surface area contributed by atoms with Crippen molar-refractivity contribution in [2.45, 2.75) is 68.8 Å². The van der Waals surface area contributed by atoms with Gasteiger partial charge >= 0.3 is 0 Å². The molecular weight excluding hydrogens is 440 g/mol. The third-order valence-electron chi connectivity index (χ3n) is 5.80. The summed E-state index contributed by atoms with van der Waals surface area (Å²) >= 11 is 3.19. The average molecular weight is 469 g/mol. The Morgan fingerprint density at radius 2 is 1.91 bits per heavy atom. The fourth-order valence-electron chi connectivity index (χ4n) is 4.03. The predicted molar refractivity (Wildman–Crippen MR) is 130 cm³/mol. The molecule has 1 fully saturated rings. The van der Waals surface area contributed by atoms with Crippen molar-refractivity contribution in [3.8, 4) is 0 Å². The highest BCUT2D eigenvalue weighted by atomic mass is 32.2. The number of ketones is 1. The molecule has 0 aliphatic heterocycles. The molecule has 1 aliphatic rings. The van der Waals surface area contributed by atoms with Crippen molar-refractivity contribution in [3.05, 3.63) is 58.0 Å². The highest BCUT2D eigenvalue weighted by Crippen LogP contribution is 2.34. The van der Waals surface area contributed by atoms with E-state index in [4.69, 9.17) is 0 Å². The van der Waals surface area contributed by atoms with Crippen LogP contribution < -0.4 is 5.32 Å². The van der Waals surface area contributed by atoms with E-state index in [0.717, 1.165) is 30.2 Å². The number of hydrogen-bond acceptors (Lipinski definition) is 6. The maximum Gasteiger partial charge on any atom is 0.237 e. The lowest BCUT2D eigenvalue weighted by Gasteiger charge is -2.26. The summed E-state index contributed by atoms with van der Waals surface area (Å²) in [6, 6.07) is 11.6. The number of thiophene rings is 1. The second kappa shape index (κ2) is 10.4. The summed E-state index contributed by atoms with van der Waals surface area (Å²) in [6.07, 6.45) is 6.75. The van der Waals surface area contributed by atoms with Crippen molar-refractivity contribution in [1.82, 2.24) is 14.8 Å². The van der Waals surface area contributed by atoms with Gasteiger partial charge in [-0.05, 0) is 62.4 Å². The molecule has 2 aromatic heterocycles. The Balaban J connectivity index is 1.48. The molecule has 6 nitrogen and oxygen atoms in total. The van der Waals surface area contributed by atoms with Gasteiger partial charge in [0.05, 0.1) is 5.25 Å². The van der Waals surface area contributed by atoms with Crippen LogP contribution in [0.25, 0.3) is 0 Å². The van der Waals surface area contributed by atoms with Crippen LogP contribution in [-0.2, 0) is 11.2 Å². The van der Waals surface area contributed by atoms with Gasteiger partial charge in [0.15, 0.2) is 10.9 Å². The number of carbonyl (C=O) groups is 2. The summed E-state index contributed by atoms with van der Waals surface area (Å²) in [5.74, 6) is 0.894. The number of hydrogen-bond donors (Lipinski definition) is 1. The fourth-order valence-corrected chi connectivity index (χ4v) is 5.67. The van der Waals surface area contributed by atoms with Crippen LogP contribution in [0.15, 0.2) is 46.9 Å². The smallest absolute Gasteiger partial charge is 0.237 e. The number of rotatable bonds is 8. The molecular formula is C24H28N4O2S2. The van der Waals surface area contributed by atoms with Gasteiger partial charge < -0.3 is 9.88 Å². The van der Waals surface area contributed by atoms with E-state index in [1.165, 1.54) is 42.8 Å². The first-order valence-electron chi connectivity index (χ1n) is 11.1. The van der Waals surface area contributed by atoms with E-state index in [1.54, 1.807) is 35.6 Å². The molecule has 0 saturated heterocycles. The molecule has 0 bridgehead atoms. The zero-order valence-electron chi connectivity index (χ0n) is 18.4. The summed E-state index contributed by atoms with van der Waals surface area (Å²) in [7, 11) is 0. The van der Waals surface area contributed by atoms with E-state index >= 15 is 0 Å². The third-order valence-corrected chi connectivity index (χ3v) is 7.73. The largest absolute Gasteiger partial charge is 0.325 e. The minimum atomic E-state index is -0.330. The van der Waals surface area contributed by atoms with Crippen LogP contribution in [0.3, 0.4) is 0 Å². The SMILES string of the molecule is CC(=O)c1ccc(NC(=O)C(C)Sc2nnc(Cc3cccs3)n2C2CCCCC2)cc1. The van der Waals surface area contributed by atoms with Crippen molar-refractivity contribution in [1.29, 1.82) is 0 Å². The first kappa shape index (κ1) is 22.7. The zero-order valence-corrected chi connectivity index (χ0v) is 20.0. The monoisotopic (exact) mass is 468 g/mol. The van der Waals surface area contributed by atoms with Crippen LogP contribution in [0.2, 0.25) is 0 Å². The summed E-state index contributed by atoms with van der Waals surface area (Å²) in [6.45, 7) is 3.42. The first-order chi connectivity index (χ1) is 15.5. The van der Waals surface area contributed by atoms with Crippen molar-refractivity contribution < 1.29 is 9.59 Å². The van der Waals surface area contributed by atoms with E-state index in [0.29, 0.717) is 17.3 Å². The lowest BCUT2D eigenvalue weighted by molar-refractivity contribution is -0.115. The Morgan fingerprint density at radius 1 is 1.16 bits per heavy atom. The van der Waals surface area contributed by atoms with Gasteiger partial charge in [0, 0.05) is 28.6 Å². The van der Waals surface area contributed by atoms with E-state index in [9.17, 15) is 9.59 Å². The molecule has 1 aromatic carbocycles. The van der Waals surface area contributed by atoms with Crippen molar-refractivity contribution in [2.75, 3.05) is 5.32 Å². The number of nitrogens with one attached hydrogen (secondary N) is 1. The van der Waals surface area contributed by atoms with Crippen LogP contribution in [0, 0.1) is 0 Å². The van der Waals surface area contributed by atoms with Gasteiger partial charge in [-0.2, -0.15) is 0 Å². The molecule has 8 heteroatoms. The Labute approximate surface area is 196 Å². The molecule has 2 heterocycles. The Hall–Kier alpha value is -2.45. The number of nitrogens with zero attached hydrogens (tertiary/aromatic N) is 3. The molecule has 4 rings (SSSR count). The molecule has 0 spiro atoms. The van der Waals surface area contributed by atoms with Gasteiger partial charge in [-0.3, -0.25) is 9.59 Å². The number of benzene rings is 1. The maximum absolute atomic E-state index is 12.8. The second-order valence-corrected chi connectivity index (χ2v) is 10.5. The van der Waals surface area contributed by atoms with Crippen LogP contribution in [0.4, 0.5) is 5.69 Å². The highest BCUT2D eigenvalue weighted by molar-refractivity contribution is 8.00. The van der Waals surface area contributed by atoms with Gasteiger partial charge in [-0.1, -0.05) is 37.1 Å². The summed E-state index contributed by atoms with van der Waals surface area (Å²) in [5, 5.41) is 14.5. The van der Waals surface area contributed by atoms with Crippen LogP contribution in [0.5, 0.6) is 0 Å². The first-order valence-corrected chi connectivity index (χ1v) is 12.8. The van der Waals surface area contributed by atoms with Gasteiger partial charge in [0.2, 0.25) is 5.91 Å². The minimum absolute atomic E-state index is 0.00667. The quantitative estimate of drug-likeness (QED) is 0.336. The standard InChI is InChI=1S/C24H28N4O2S2/c1-16(29)18-10-12-19(13-11-18)25-23(30)17(2)32-24-27-26-22(15-21-9-6-14-31-21)28(24)20-7-4-3-5-8-20/h6,9-14,17,20H,3-5,7-8,15H2,1-2H3,(H,25,30). The van der Waals surface area contributed by atoms with E-state index < -0.39 is 0 Å². The van der Waals surface area contributed by atoms with Crippen molar-refractivity contribution >= 4 is 40.5 Å². The number of amides is 1. The zero-order chi connectivity index (χ0) is 22.5. The van der Waals surface area contributed by atoms with Crippen molar-refractivity contribution in [3.63, 3.8) is 0 Å². The molecule has 3 aromatic rings. The normalized spacial score (nSPS) is 15.4. The molecule has 1 unspecified atom stereocenters. The second-order valence-electron chi connectivity index (χ2n) is 8.20. The number of thioether (sulfide) groups is 1. The van der Waals surface area contributed by atoms with Gasteiger partial charge in [-0.25, -0.2) is 0 Å². The van der Waals surface area contributed by atoms with E-state index in [1.807, 2.05) is 6.92 Å². The molecule has 1 saturated carbocycles. The summed E-state index contributed by atoms with van der Waals surface area (Å²) in [5.41, 5.74) is 1.31. The third kappa shape index (κ3) is 5.48. The molecule has 1 aliphatic carbocycles. The van der Waals surface area contributed by atoms with Crippen LogP contribution >= 0.6 is 23.1 Å². The van der Waals surface area contributed by atoms with Gasteiger partial charge in [0.1, 0.15) is 5.82 Å². The molecule has 32 heavy (non-hydrogen) atoms. The van der Waals surface area contributed by atoms with E-state index in [-0.39, 0.29) is 16.9 Å². The molecule has 1 N–H and O–H groups in total. The predicted octanol–water partition coefficient (Wildman–Crippen LogP) is 5.76. The summed E-state index contributed by atoms with van der Waals surface area (Å²) < 4.78 is 2.29. The Morgan fingerprint density at radius 3 is 2.56 bits per heavy atom. The van der Waals surface area contributed by atoms with Gasteiger partial charge in [-0.15, -0.1) is 21.5 Å². The lowest BCUT2D eigenvalue weighted by Crippen LogP contribution is -2.24. The average Bonchev–Trinajstić information content (AvgIpc) is 3.45. The molecule has 1 atom stereocenters. The van der Waals surface area contributed by atoms with Gasteiger partial charge in [0.25, 0.3) is 0 Å². The molecule has 168 valence electrons.